The molecule has 2 N–H and O–H groups in total. The van der Waals surface area contributed by atoms with Crippen molar-refractivity contribution in [1.82, 2.24) is 0 Å². The molecule has 6 heteroatoms. The molecule has 1 rings (SSSR count). The van der Waals surface area contributed by atoms with Gasteiger partial charge in [-0.05, 0) is 6.07 Å². The monoisotopic (exact) mass is 223 g/mol. The smallest absolute Gasteiger partial charge is 0.280 e. The second-order valence-corrected chi connectivity index (χ2v) is 3.07. The number of nitrogens with two attached hydrogens (primary N) is 1. The highest BCUT2D eigenvalue weighted by Gasteiger charge is 2.13. The molecular weight excluding hydrogens is 210 g/mol. The van der Waals surface area contributed by atoms with Crippen LogP contribution >= 0.6 is 0 Å². The van der Waals surface area contributed by atoms with Crippen LogP contribution < -0.4 is 5.73 Å². The molecule has 86 valence electrons. The van der Waals surface area contributed by atoms with Crippen molar-refractivity contribution in [3.05, 3.63) is 33.9 Å². The zero-order valence-corrected chi connectivity index (χ0v) is 8.92. The van der Waals surface area contributed by atoms with Crippen LogP contribution in [0.1, 0.15) is 5.56 Å². The third kappa shape index (κ3) is 3.03. The summed E-state index contributed by atoms with van der Waals surface area (Å²) in [4.78, 5) is 14.2. The van der Waals surface area contributed by atoms with Gasteiger partial charge in [0.15, 0.2) is 0 Å². The van der Waals surface area contributed by atoms with Crippen LogP contribution in [0.4, 0.5) is 11.4 Å². The molecule has 0 unspecified atom stereocenters. The van der Waals surface area contributed by atoms with Crippen LogP contribution in [0.3, 0.4) is 0 Å². The van der Waals surface area contributed by atoms with Crippen molar-refractivity contribution in [2.24, 2.45) is 4.99 Å². The minimum absolute atomic E-state index is 0.0406. The molecule has 0 heterocycles. The molecule has 1 aromatic carbocycles. The van der Waals surface area contributed by atoms with Crippen molar-refractivity contribution < 1.29 is 9.66 Å². The first kappa shape index (κ1) is 12.1. The molecule has 0 saturated carbocycles. The maximum atomic E-state index is 10.7. The summed E-state index contributed by atoms with van der Waals surface area (Å²) in [6.45, 7) is 0.916. The Hall–Kier alpha value is -1.95. The van der Waals surface area contributed by atoms with Gasteiger partial charge in [-0.3, -0.25) is 15.1 Å². The summed E-state index contributed by atoms with van der Waals surface area (Å²) in [7, 11) is 1.56. The zero-order chi connectivity index (χ0) is 12.0. The van der Waals surface area contributed by atoms with Crippen LogP contribution in [0.2, 0.25) is 0 Å². The number of aliphatic imine (C=N–C) groups is 1. The fourth-order valence-corrected chi connectivity index (χ4v) is 1.17. The average Bonchev–Trinajstić information content (AvgIpc) is 2.25. The Morgan fingerprint density at radius 3 is 3.00 bits per heavy atom. The molecule has 0 radical (unpaired) electrons. The molecule has 0 atom stereocenters. The predicted molar refractivity (Wildman–Crippen MR) is 61.8 cm³/mol. The SMILES string of the molecule is COCCN=Cc1c(N)cccc1[N+](=O)[O-]. The molecule has 0 amide bonds. The van der Waals surface area contributed by atoms with E-state index in [9.17, 15) is 10.1 Å². The highest BCUT2D eigenvalue weighted by molar-refractivity contribution is 5.92. The van der Waals surface area contributed by atoms with Gasteiger partial charge in [-0.2, -0.15) is 0 Å². The topological polar surface area (TPSA) is 90.8 Å². The first-order valence-corrected chi connectivity index (χ1v) is 4.68. The molecule has 0 aliphatic heterocycles. The number of nitro groups is 1. The number of nitrogens with zero attached hydrogens (tertiary/aromatic N) is 2. The summed E-state index contributed by atoms with van der Waals surface area (Å²) >= 11 is 0. The summed E-state index contributed by atoms with van der Waals surface area (Å²) in [6, 6.07) is 4.54. The lowest BCUT2D eigenvalue weighted by atomic mass is 10.1. The van der Waals surface area contributed by atoms with Crippen LogP contribution in [-0.4, -0.2) is 31.4 Å². The summed E-state index contributed by atoms with van der Waals surface area (Å²) in [5.41, 5.74) is 6.29. The fraction of sp³-hybridized carbons (Fsp3) is 0.300. The van der Waals surface area contributed by atoms with E-state index >= 15 is 0 Å². The van der Waals surface area contributed by atoms with Crippen LogP contribution in [0, 0.1) is 10.1 Å². The lowest BCUT2D eigenvalue weighted by molar-refractivity contribution is -0.384. The lowest BCUT2D eigenvalue weighted by Gasteiger charge is -2.00. The van der Waals surface area contributed by atoms with Gasteiger partial charge in [0.1, 0.15) is 0 Å². The third-order valence-electron chi connectivity index (χ3n) is 1.96. The Morgan fingerprint density at radius 1 is 1.62 bits per heavy atom. The third-order valence-corrected chi connectivity index (χ3v) is 1.96. The number of ether oxygens (including phenoxy) is 1. The molecule has 6 nitrogen and oxygen atoms in total. The number of methoxy groups -OCH3 is 1. The normalized spacial score (nSPS) is 10.8. The van der Waals surface area contributed by atoms with E-state index in [-0.39, 0.29) is 5.69 Å². The number of hydrogen-bond donors (Lipinski definition) is 1. The number of anilines is 1. The number of rotatable bonds is 5. The Labute approximate surface area is 92.9 Å². The molecule has 1 aromatic rings. The lowest BCUT2D eigenvalue weighted by Crippen LogP contribution is -2.01. The van der Waals surface area contributed by atoms with Crippen molar-refractivity contribution in [3.8, 4) is 0 Å². The fourth-order valence-electron chi connectivity index (χ4n) is 1.17. The average molecular weight is 223 g/mol. The van der Waals surface area contributed by atoms with E-state index in [0.29, 0.717) is 24.4 Å². The molecule has 0 saturated heterocycles. The quantitative estimate of drug-likeness (QED) is 0.267. The summed E-state index contributed by atoms with van der Waals surface area (Å²) < 4.78 is 4.81. The Bertz CT molecular complexity index is 404. The molecular formula is C10H13N3O3. The van der Waals surface area contributed by atoms with Crippen LogP contribution in [-0.2, 0) is 4.74 Å². The van der Waals surface area contributed by atoms with Crippen molar-refractivity contribution in [1.29, 1.82) is 0 Å². The van der Waals surface area contributed by atoms with Gasteiger partial charge in [0, 0.05) is 25.1 Å². The maximum absolute atomic E-state index is 10.7. The van der Waals surface area contributed by atoms with Crippen LogP contribution in [0.25, 0.3) is 0 Å². The number of nitro benzene ring substituents is 1. The summed E-state index contributed by atoms with van der Waals surface area (Å²) in [5.74, 6) is 0. The Morgan fingerprint density at radius 2 is 2.38 bits per heavy atom. The molecule has 0 spiro atoms. The van der Waals surface area contributed by atoms with Gasteiger partial charge in [0.05, 0.1) is 23.6 Å². The van der Waals surface area contributed by atoms with Gasteiger partial charge in [0.2, 0.25) is 0 Å². The largest absolute Gasteiger partial charge is 0.398 e. The van der Waals surface area contributed by atoms with E-state index in [1.54, 1.807) is 19.2 Å². The van der Waals surface area contributed by atoms with Gasteiger partial charge in [-0.15, -0.1) is 0 Å². The standard InChI is InChI=1S/C10H13N3O3/c1-16-6-5-12-7-8-9(11)3-2-4-10(8)13(14)15/h2-4,7H,5-6,11H2,1H3. The number of hydrogen-bond acceptors (Lipinski definition) is 5. The zero-order valence-electron chi connectivity index (χ0n) is 8.92. The Balaban J connectivity index is 2.92. The van der Waals surface area contributed by atoms with Crippen molar-refractivity contribution in [3.63, 3.8) is 0 Å². The van der Waals surface area contributed by atoms with E-state index in [1.807, 2.05) is 0 Å². The summed E-state index contributed by atoms with van der Waals surface area (Å²) in [6.07, 6.45) is 1.41. The molecule has 0 aliphatic carbocycles. The van der Waals surface area contributed by atoms with E-state index in [2.05, 4.69) is 4.99 Å². The predicted octanol–water partition coefficient (Wildman–Crippen LogP) is 1.24. The van der Waals surface area contributed by atoms with Crippen LogP contribution in [0.15, 0.2) is 23.2 Å². The number of benzene rings is 1. The van der Waals surface area contributed by atoms with E-state index in [1.165, 1.54) is 12.3 Å². The molecule has 0 aliphatic rings. The number of nitrogen functional groups attached to an aromatic ring is 1. The van der Waals surface area contributed by atoms with Crippen molar-refractivity contribution in [2.45, 2.75) is 0 Å². The van der Waals surface area contributed by atoms with Crippen molar-refractivity contribution in [2.75, 3.05) is 26.0 Å². The second-order valence-electron chi connectivity index (χ2n) is 3.07. The molecule has 0 bridgehead atoms. The maximum Gasteiger partial charge on any atom is 0.280 e. The first-order valence-electron chi connectivity index (χ1n) is 4.68. The van der Waals surface area contributed by atoms with Crippen LogP contribution in [0.5, 0.6) is 0 Å². The Kier molecular flexibility index (Phi) is 4.41. The van der Waals surface area contributed by atoms with Gasteiger partial charge >= 0.3 is 0 Å². The van der Waals surface area contributed by atoms with Crippen molar-refractivity contribution >= 4 is 17.6 Å². The van der Waals surface area contributed by atoms with Gasteiger partial charge in [0.25, 0.3) is 5.69 Å². The van der Waals surface area contributed by atoms with Gasteiger partial charge in [-0.25, -0.2) is 0 Å². The minimum atomic E-state index is -0.478. The van der Waals surface area contributed by atoms with Gasteiger partial charge in [-0.1, -0.05) is 6.07 Å². The first-order chi connectivity index (χ1) is 7.66. The molecule has 0 aromatic heterocycles. The highest BCUT2D eigenvalue weighted by Crippen LogP contribution is 2.21. The van der Waals surface area contributed by atoms with E-state index in [0.717, 1.165) is 0 Å². The van der Waals surface area contributed by atoms with E-state index < -0.39 is 4.92 Å². The molecule has 16 heavy (non-hydrogen) atoms. The molecule has 0 fully saturated rings. The highest BCUT2D eigenvalue weighted by atomic mass is 16.6. The second kappa shape index (κ2) is 5.82. The van der Waals surface area contributed by atoms with E-state index in [4.69, 9.17) is 10.5 Å². The summed E-state index contributed by atoms with van der Waals surface area (Å²) in [5, 5.41) is 10.7. The van der Waals surface area contributed by atoms with Gasteiger partial charge < -0.3 is 10.5 Å². The minimum Gasteiger partial charge on any atom is -0.398 e.